The lowest BCUT2D eigenvalue weighted by atomic mass is 10.1. The van der Waals surface area contributed by atoms with Crippen molar-refractivity contribution in [1.29, 1.82) is 5.26 Å². The molecule has 1 aromatic heterocycles. The van der Waals surface area contributed by atoms with Gasteiger partial charge >= 0.3 is 6.09 Å². The van der Waals surface area contributed by atoms with Gasteiger partial charge in [-0.3, -0.25) is 5.32 Å². The van der Waals surface area contributed by atoms with Gasteiger partial charge in [-0.05, 0) is 30.5 Å². The van der Waals surface area contributed by atoms with Crippen molar-refractivity contribution in [2.24, 2.45) is 0 Å². The molecule has 0 atom stereocenters. The van der Waals surface area contributed by atoms with Gasteiger partial charge in [-0.25, -0.2) is 9.78 Å². The molecule has 3 rings (SSSR count). The summed E-state index contributed by atoms with van der Waals surface area (Å²) in [5.41, 5.74) is 2.26. The Morgan fingerprint density at radius 3 is 2.73 bits per heavy atom. The molecule has 1 N–H and O–H groups in total. The topological polar surface area (TPSA) is 75.0 Å². The molecule has 1 fully saturated rings. The van der Waals surface area contributed by atoms with Crippen molar-refractivity contribution in [1.82, 2.24) is 4.98 Å². The van der Waals surface area contributed by atoms with Gasteiger partial charge in [0.05, 0.1) is 11.3 Å². The third kappa shape index (κ3) is 3.41. The first-order chi connectivity index (χ1) is 10.8. The predicted octanol–water partition coefficient (Wildman–Crippen LogP) is 3.58. The Morgan fingerprint density at radius 1 is 1.27 bits per heavy atom. The van der Waals surface area contributed by atoms with Crippen LogP contribution in [0.15, 0.2) is 42.5 Å². The van der Waals surface area contributed by atoms with Crippen LogP contribution < -0.4 is 5.32 Å². The van der Waals surface area contributed by atoms with Crippen molar-refractivity contribution in [3.63, 3.8) is 0 Å². The molecule has 0 saturated heterocycles. The average Bonchev–Trinajstić information content (AvgIpc) is 3.39. The summed E-state index contributed by atoms with van der Waals surface area (Å²) in [7, 11) is 0. The smallest absolute Gasteiger partial charge is 0.413 e. The lowest BCUT2D eigenvalue weighted by molar-refractivity contribution is 0.155. The van der Waals surface area contributed by atoms with E-state index in [1.807, 2.05) is 30.3 Å². The number of nitriles is 1. The molecule has 110 valence electrons. The molecule has 1 heterocycles. The van der Waals surface area contributed by atoms with Crippen molar-refractivity contribution in [2.45, 2.75) is 25.4 Å². The number of hydrogen-bond donors (Lipinski definition) is 1. The molecular weight excluding hydrogens is 278 g/mol. The maximum Gasteiger partial charge on any atom is 0.413 e. The summed E-state index contributed by atoms with van der Waals surface area (Å²) in [6.07, 6.45) is 1.54. The van der Waals surface area contributed by atoms with E-state index < -0.39 is 6.09 Å². The monoisotopic (exact) mass is 293 g/mol. The number of benzene rings is 1. The van der Waals surface area contributed by atoms with E-state index >= 15 is 0 Å². The maximum atomic E-state index is 11.8. The second-order valence-electron chi connectivity index (χ2n) is 5.20. The summed E-state index contributed by atoms with van der Waals surface area (Å²) in [6.45, 7) is 0.207. The lowest BCUT2D eigenvalue weighted by Gasteiger charge is -2.08. The SMILES string of the molecule is N#Cc1ccc(NC(=O)OCc2ccccc2)nc1C1CC1. The highest BCUT2D eigenvalue weighted by Gasteiger charge is 2.28. The highest BCUT2D eigenvalue weighted by Crippen LogP contribution is 2.40. The summed E-state index contributed by atoms with van der Waals surface area (Å²) in [6, 6.07) is 14.9. The van der Waals surface area contributed by atoms with E-state index in [9.17, 15) is 4.79 Å². The molecule has 0 unspecified atom stereocenters. The number of hydrogen-bond acceptors (Lipinski definition) is 4. The molecule has 0 aliphatic heterocycles. The first-order valence-corrected chi connectivity index (χ1v) is 7.15. The van der Waals surface area contributed by atoms with Crippen LogP contribution in [-0.2, 0) is 11.3 Å². The van der Waals surface area contributed by atoms with Crippen molar-refractivity contribution in [3.05, 3.63) is 59.3 Å². The van der Waals surface area contributed by atoms with Crippen LogP contribution in [0.3, 0.4) is 0 Å². The van der Waals surface area contributed by atoms with Crippen LogP contribution in [-0.4, -0.2) is 11.1 Å². The number of nitrogens with one attached hydrogen (secondary N) is 1. The minimum atomic E-state index is -0.553. The number of carbonyl (C=O) groups is 1. The van der Waals surface area contributed by atoms with Gasteiger partial charge in [0.1, 0.15) is 18.5 Å². The Morgan fingerprint density at radius 2 is 2.05 bits per heavy atom. The summed E-state index contributed by atoms with van der Waals surface area (Å²) in [4.78, 5) is 16.2. The zero-order valence-corrected chi connectivity index (χ0v) is 12.0. The molecule has 0 bridgehead atoms. The van der Waals surface area contributed by atoms with E-state index in [0.29, 0.717) is 17.3 Å². The molecule has 1 saturated carbocycles. The molecule has 0 spiro atoms. The van der Waals surface area contributed by atoms with Crippen LogP contribution in [0.4, 0.5) is 10.6 Å². The van der Waals surface area contributed by atoms with E-state index in [4.69, 9.17) is 10.00 Å². The summed E-state index contributed by atoms with van der Waals surface area (Å²) in [5, 5.41) is 11.7. The normalized spacial score (nSPS) is 13.2. The molecule has 0 radical (unpaired) electrons. The van der Waals surface area contributed by atoms with Crippen LogP contribution in [0.5, 0.6) is 0 Å². The lowest BCUT2D eigenvalue weighted by Crippen LogP contribution is -2.15. The fourth-order valence-corrected chi connectivity index (χ4v) is 2.17. The third-order valence-electron chi connectivity index (χ3n) is 3.45. The zero-order valence-electron chi connectivity index (χ0n) is 12.0. The minimum absolute atomic E-state index is 0.207. The highest BCUT2D eigenvalue weighted by molar-refractivity contribution is 5.83. The molecule has 2 aromatic rings. The van der Waals surface area contributed by atoms with Gasteiger partial charge in [-0.1, -0.05) is 30.3 Å². The fourth-order valence-electron chi connectivity index (χ4n) is 2.17. The van der Waals surface area contributed by atoms with Crippen molar-refractivity contribution >= 4 is 11.9 Å². The Bertz CT molecular complexity index is 718. The van der Waals surface area contributed by atoms with Crippen LogP contribution >= 0.6 is 0 Å². The molecule has 1 aromatic carbocycles. The fraction of sp³-hybridized carbons (Fsp3) is 0.235. The number of anilines is 1. The van der Waals surface area contributed by atoms with Gasteiger partial charge in [-0.2, -0.15) is 5.26 Å². The van der Waals surface area contributed by atoms with Crippen LogP contribution in [0.25, 0.3) is 0 Å². The number of carbonyl (C=O) groups excluding carboxylic acids is 1. The van der Waals surface area contributed by atoms with Gasteiger partial charge in [0.2, 0.25) is 0 Å². The third-order valence-corrected chi connectivity index (χ3v) is 3.45. The zero-order chi connectivity index (χ0) is 15.4. The quantitative estimate of drug-likeness (QED) is 0.934. The molecule has 5 heteroatoms. The Kier molecular flexibility index (Phi) is 4.01. The molecule has 5 nitrogen and oxygen atoms in total. The first kappa shape index (κ1) is 14.1. The van der Waals surface area contributed by atoms with E-state index in [-0.39, 0.29) is 6.61 Å². The first-order valence-electron chi connectivity index (χ1n) is 7.15. The number of ether oxygens (including phenoxy) is 1. The van der Waals surface area contributed by atoms with Crippen molar-refractivity contribution in [2.75, 3.05) is 5.32 Å². The van der Waals surface area contributed by atoms with Crippen LogP contribution in [0.2, 0.25) is 0 Å². The van der Waals surface area contributed by atoms with Gasteiger partial charge in [0, 0.05) is 5.92 Å². The molecule has 1 aliphatic carbocycles. The average molecular weight is 293 g/mol. The predicted molar refractivity (Wildman–Crippen MR) is 81.2 cm³/mol. The second-order valence-corrected chi connectivity index (χ2v) is 5.20. The van der Waals surface area contributed by atoms with Gasteiger partial charge < -0.3 is 4.74 Å². The summed E-state index contributed by atoms with van der Waals surface area (Å²) in [5.74, 6) is 0.760. The standard InChI is InChI=1S/C17H15N3O2/c18-10-14-8-9-15(19-16(14)13-6-7-13)20-17(21)22-11-12-4-2-1-3-5-12/h1-5,8-9,13H,6-7,11H2,(H,19,20,21). The Hall–Kier alpha value is -2.87. The molecule has 22 heavy (non-hydrogen) atoms. The van der Waals surface area contributed by atoms with Gasteiger partial charge in [0.25, 0.3) is 0 Å². The molecular formula is C17H15N3O2. The maximum absolute atomic E-state index is 11.8. The number of rotatable bonds is 4. The number of nitrogens with zero attached hydrogens (tertiary/aromatic N) is 2. The molecule has 1 aliphatic rings. The summed E-state index contributed by atoms with van der Waals surface area (Å²) >= 11 is 0. The minimum Gasteiger partial charge on any atom is -0.444 e. The Labute approximate surface area is 128 Å². The van der Waals surface area contributed by atoms with Crippen molar-refractivity contribution in [3.8, 4) is 6.07 Å². The van der Waals surface area contributed by atoms with Crippen LogP contribution in [0, 0.1) is 11.3 Å². The van der Waals surface area contributed by atoms with Gasteiger partial charge in [-0.15, -0.1) is 0 Å². The molecule has 1 amide bonds. The van der Waals surface area contributed by atoms with Crippen molar-refractivity contribution < 1.29 is 9.53 Å². The Balaban J connectivity index is 1.62. The van der Waals surface area contributed by atoms with Gasteiger partial charge in [0.15, 0.2) is 0 Å². The number of aromatic nitrogens is 1. The number of amides is 1. The van der Waals surface area contributed by atoms with Crippen LogP contribution in [0.1, 0.15) is 35.6 Å². The highest BCUT2D eigenvalue weighted by atomic mass is 16.5. The summed E-state index contributed by atoms with van der Waals surface area (Å²) < 4.78 is 5.15. The second kappa shape index (κ2) is 6.27. The number of pyridine rings is 1. The van der Waals surface area contributed by atoms with E-state index in [2.05, 4.69) is 16.4 Å². The van der Waals surface area contributed by atoms with E-state index in [0.717, 1.165) is 24.1 Å². The van der Waals surface area contributed by atoms with E-state index in [1.165, 1.54) is 0 Å². The van der Waals surface area contributed by atoms with E-state index in [1.54, 1.807) is 12.1 Å². The largest absolute Gasteiger partial charge is 0.444 e.